The zero-order valence-corrected chi connectivity index (χ0v) is 18.8. The van der Waals surface area contributed by atoms with E-state index in [4.69, 9.17) is 4.74 Å². The highest BCUT2D eigenvalue weighted by Gasteiger charge is 2.12. The maximum atomic E-state index is 12.2. The zero-order valence-electron chi connectivity index (χ0n) is 15.6. The number of rotatable bonds is 7. The molecular weight excluding hydrogens is 514 g/mol. The first-order valence-electron chi connectivity index (χ1n) is 8.88. The van der Waals surface area contributed by atoms with Crippen LogP contribution < -0.4 is 15.5 Å². The van der Waals surface area contributed by atoms with Crippen LogP contribution in [0.25, 0.3) is 0 Å². The molecule has 0 unspecified atom stereocenters. The summed E-state index contributed by atoms with van der Waals surface area (Å²) >= 11 is 6.85. The Balaban J connectivity index is 1.67. The molecule has 0 aromatic heterocycles. The van der Waals surface area contributed by atoms with Crippen LogP contribution in [0, 0.1) is 0 Å². The van der Waals surface area contributed by atoms with Crippen molar-refractivity contribution < 1.29 is 14.3 Å². The van der Waals surface area contributed by atoms with Gasteiger partial charge in [-0.25, -0.2) is 5.43 Å². The maximum Gasteiger partial charge on any atom is 0.271 e. The number of nitrogens with zero attached hydrogens (tertiary/aromatic N) is 1. The summed E-state index contributed by atoms with van der Waals surface area (Å²) in [5.41, 5.74) is 4.24. The van der Waals surface area contributed by atoms with E-state index in [9.17, 15) is 9.59 Å². The predicted molar refractivity (Wildman–Crippen MR) is 124 cm³/mol. The third-order valence-corrected chi connectivity index (χ3v) is 4.89. The largest absolute Gasteiger partial charge is 0.482 e. The Bertz CT molecular complexity index is 1060. The van der Waals surface area contributed by atoms with Gasteiger partial charge in [-0.3, -0.25) is 9.59 Å². The van der Waals surface area contributed by atoms with Crippen LogP contribution >= 0.6 is 31.9 Å². The standard InChI is InChI=1S/C22H17Br2N3O3/c23-17-11-16(13-25-27-22(29)15-7-3-1-4-8-15)21(19(24)12-17)30-14-20(28)26-18-9-5-2-6-10-18/h1-13H,14H2,(H,26,28)(H,27,29)/b25-13+. The molecule has 8 heteroatoms. The predicted octanol–water partition coefficient (Wildman–Crippen LogP) is 4.99. The van der Waals surface area contributed by atoms with Crippen LogP contribution in [0.15, 0.2) is 86.8 Å². The molecular formula is C22H17Br2N3O3. The molecule has 6 nitrogen and oxygen atoms in total. The monoisotopic (exact) mass is 529 g/mol. The van der Waals surface area contributed by atoms with Crippen molar-refractivity contribution in [2.75, 3.05) is 11.9 Å². The number of hydrogen-bond acceptors (Lipinski definition) is 4. The van der Waals surface area contributed by atoms with E-state index in [-0.39, 0.29) is 18.4 Å². The van der Waals surface area contributed by atoms with E-state index in [2.05, 4.69) is 47.7 Å². The summed E-state index contributed by atoms with van der Waals surface area (Å²) in [5, 5.41) is 6.77. The number of hydrogen-bond donors (Lipinski definition) is 2. The number of ether oxygens (including phenoxy) is 1. The summed E-state index contributed by atoms with van der Waals surface area (Å²) in [4.78, 5) is 24.3. The first-order valence-corrected chi connectivity index (χ1v) is 10.5. The number of carbonyl (C=O) groups excluding carboxylic acids is 2. The molecule has 152 valence electrons. The number of benzene rings is 3. The summed E-state index contributed by atoms with van der Waals surface area (Å²) in [6.07, 6.45) is 1.46. The molecule has 0 heterocycles. The molecule has 0 bridgehead atoms. The second-order valence-electron chi connectivity index (χ2n) is 6.07. The second-order valence-corrected chi connectivity index (χ2v) is 7.84. The van der Waals surface area contributed by atoms with Crippen molar-refractivity contribution in [1.82, 2.24) is 5.43 Å². The van der Waals surface area contributed by atoms with E-state index < -0.39 is 0 Å². The summed E-state index contributed by atoms with van der Waals surface area (Å²) in [6.45, 7) is -0.188. The van der Waals surface area contributed by atoms with Crippen LogP contribution in [0.1, 0.15) is 15.9 Å². The topological polar surface area (TPSA) is 79.8 Å². The molecule has 3 rings (SSSR count). The third-order valence-electron chi connectivity index (χ3n) is 3.85. The van der Waals surface area contributed by atoms with Crippen molar-refractivity contribution in [3.8, 4) is 5.75 Å². The quantitative estimate of drug-likeness (QED) is 0.333. The first kappa shape index (κ1) is 21.7. The van der Waals surface area contributed by atoms with Crippen molar-refractivity contribution in [3.63, 3.8) is 0 Å². The molecule has 0 fully saturated rings. The van der Waals surface area contributed by atoms with Gasteiger partial charge in [-0.2, -0.15) is 5.10 Å². The Morgan fingerprint density at radius 2 is 1.63 bits per heavy atom. The number of amides is 2. The number of carbonyl (C=O) groups is 2. The minimum Gasteiger partial charge on any atom is -0.482 e. The van der Waals surface area contributed by atoms with Gasteiger partial charge < -0.3 is 10.1 Å². The van der Waals surface area contributed by atoms with Crippen molar-refractivity contribution in [2.24, 2.45) is 5.10 Å². The molecule has 0 aliphatic carbocycles. The van der Waals surface area contributed by atoms with Gasteiger partial charge in [0.2, 0.25) is 0 Å². The summed E-state index contributed by atoms with van der Waals surface area (Å²) in [7, 11) is 0. The van der Waals surface area contributed by atoms with Gasteiger partial charge in [0, 0.05) is 21.3 Å². The minimum absolute atomic E-state index is 0.188. The third kappa shape index (κ3) is 6.27. The van der Waals surface area contributed by atoms with Crippen LogP contribution in [0.5, 0.6) is 5.75 Å². The number of hydrazone groups is 1. The van der Waals surface area contributed by atoms with Gasteiger partial charge >= 0.3 is 0 Å². The Morgan fingerprint density at radius 3 is 2.33 bits per heavy atom. The lowest BCUT2D eigenvalue weighted by atomic mass is 10.2. The lowest BCUT2D eigenvalue weighted by molar-refractivity contribution is -0.118. The lowest BCUT2D eigenvalue weighted by Crippen LogP contribution is -2.21. The van der Waals surface area contributed by atoms with Crippen LogP contribution in [0.2, 0.25) is 0 Å². The smallest absolute Gasteiger partial charge is 0.271 e. The van der Waals surface area contributed by atoms with E-state index in [1.807, 2.05) is 24.3 Å². The Labute approximate surface area is 190 Å². The molecule has 0 spiro atoms. The van der Waals surface area contributed by atoms with E-state index in [0.29, 0.717) is 27.0 Å². The summed E-state index contributed by atoms with van der Waals surface area (Å²) in [6, 6.07) is 21.5. The number of nitrogens with one attached hydrogen (secondary N) is 2. The molecule has 2 amide bonds. The molecule has 0 aliphatic rings. The SMILES string of the molecule is O=C(COc1c(Br)cc(Br)cc1/C=N/NC(=O)c1ccccc1)Nc1ccccc1. The van der Waals surface area contributed by atoms with Gasteiger partial charge in [-0.05, 0) is 52.3 Å². The molecule has 2 N–H and O–H groups in total. The highest BCUT2D eigenvalue weighted by Crippen LogP contribution is 2.32. The summed E-state index contributed by atoms with van der Waals surface area (Å²) < 4.78 is 7.14. The van der Waals surface area contributed by atoms with E-state index in [0.717, 1.165) is 4.47 Å². The van der Waals surface area contributed by atoms with Crippen molar-refractivity contribution in [2.45, 2.75) is 0 Å². The Kier molecular flexibility index (Phi) is 7.75. The van der Waals surface area contributed by atoms with Gasteiger partial charge in [-0.15, -0.1) is 0 Å². The van der Waals surface area contributed by atoms with E-state index in [1.54, 1.807) is 48.5 Å². The Morgan fingerprint density at radius 1 is 0.967 bits per heavy atom. The molecule has 0 aliphatic heterocycles. The molecule has 3 aromatic carbocycles. The van der Waals surface area contributed by atoms with Gasteiger partial charge in [0.05, 0.1) is 10.7 Å². The summed E-state index contributed by atoms with van der Waals surface area (Å²) in [5.74, 6) is -0.193. The van der Waals surface area contributed by atoms with Gasteiger partial charge in [0.25, 0.3) is 11.8 Å². The molecule has 0 saturated heterocycles. The van der Waals surface area contributed by atoms with Crippen LogP contribution in [-0.2, 0) is 4.79 Å². The zero-order chi connectivity index (χ0) is 21.3. The second kappa shape index (κ2) is 10.7. The van der Waals surface area contributed by atoms with Gasteiger partial charge in [0.1, 0.15) is 5.75 Å². The maximum absolute atomic E-state index is 12.2. The minimum atomic E-state index is -0.328. The van der Waals surface area contributed by atoms with Gasteiger partial charge in [-0.1, -0.05) is 52.3 Å². The van der Waals surface area contributed by atoms with Crippen molar-refractivity contribution in [1.29, 1.82) is 0 Å². The first-order chi connectivity index (χ1) is 14.5. The van der Waals surface area contributed by atoms with Crippen molar-refractivity contribution in [3.05, 3.63) is 92.9 Å². The van der Waals surface area contributed by atoms with Crippen LogP contribution in [0.4, 0.5) is 5.69 Å². The number of anilines is 1. The lowest BCUT2D eigenvalue weighted by Gasteiger charge is -2.12. The Hall–Kier alpha value is -2.97. The van der Waals surface area contributed by atoms with Crippen molar-refractivity contribution >= 4 is 55.6 Å². The molecule has 0 atom stereocenters. The normalized spacial score (nSPS) is 10.6. The van der Waals surface area contributed by atoms with Crippen LogP contribution in [0.3, 0.4) is 0 Å². The van der Waals surface area contributed by atoms with Crippen LogP contribution in [-0.4, -0.2) is 24.6 Å². The highest BCUT2D eigenvalue weighted by atomic mass is 79.9. The molecule has 3 aromatic rings. The van der Waals surface area contributed by atoms with E-state index in [1.165, 1.54) is 6.21 Å². The number of para-hydroxylation sites is 1. The highest BCUT2D eigenvalue weighted by molar-refractivity contribution is 9.11. The number of halogens is 2. The fraction of sp³-hybridized carbons (Fsp3) is 0.0455. The fourth-order valence-electron chi connectivity index (χ4n) is 2.50. The molecule has 0 saturated carbocycles. The van der Waals surface area contributed by atoms with E-state index >= 15 is 0 Å². The molecule has 30 heavy (non-hydrogen) atoms. The average molecular weight is 531 g/mol. The fourth-order valence-corrected chi connectivity index (χ4v) is 3.87. The molecule has 0 radical (unpaired) electrons. The van der Waals surface area contributed by atoms with Gasteiger partial charge in [0.15, 0.2) is 6.61 Å². The average Bonchev–Trinajstić information content (AvgIpc) is 2.74.